The fourth-order valence-electron chi connectivity index (χ4n) is 2.64. The van der Waals surface area contributed by atoms with Gasteiger partial charge in [-0.25, -0.2) is 9.97 Å². The molecule has 0 unspecified atom stereocenters. The van der Waals surface area contributed by atoms with E-state index in [0.717, 1.165) is 35.3 Å². The summed E-state index contributed by atoms with van der Waals surface area (Å²) in [5, 5.41) is 7.16. The van der Waals surface area contributed by atoms with Crippen LogP contribution in [0.3, 0.4) is 0 Å². The van der Waals surface area contributed by atoms with Crippen LogP contribution in [-0.4, -0.2) is 35.6 Å². The van der Waals surface area contributed by atoms with Crippen molar-refractivity contribution in [3.63, 3.8) is 0 Å². The molecule has 21 heavy (non-hydrogen) atoms. The molecule has 2 N–H and O–H groups in total. The summed E-state index contributed by atoms with van der Waals surface area (Å²) in [6.45, 7) is 0.649. The maximum absolute atomic E-state index is 11.4. The van der Waals surface area contributed by atoms with Gasteiger partial charge in [-0.3, -0.25) is 4.79 Å². The average Bonchev–Trinajstić information content (AvgIpc) is 2.52. The number of nitrogens with one attached hydrogen (secondary N) is 2. The molecule has 1 aromatic heterocycles. The van der Waals surface area contributed by atoms with Gasteiger partial charge in [-0.15, -0.1) is 0 Å². The Bertz CT molecular complexity index is 654. The minimum absolute atomic E-state index is 0.123. The molecule has 1 aliphatic heterocycles. The van der Waals surface area contributed by atoms with Gasteiger partial charge < -0.3 is 15.4 Å². The number of hydrogen-bond acceptors (Lipinski definition) is 5. The number of benzene rings is 1. The molecular formula is C15H18N4O2. The fraction of sp³-hybridized carbons (Fsp3) is 0.400. The molecule has 2 heterocycles. The fourth-order valence-corrected chi connectivity index (χ4v) is 2.64. The zero-order chi connectivity index (χ0) is 14.7. The molecule has 2 aromatic rings. The summed E-state index contributed by atoms with van der Waals surface area (Å²) in [4.78, 5) is 20.0. The average molecular weight is 286 g/mol. The SMILES string of the molecule is COc1cccc2ncnc(NC[C@H]3CCCC(=O)N3)c12. The van der Waals surface area contributed by atoms with Gasteiger partial charge in [0.05, 0.1) is 18.0 Å². The third kappa shape index (κ3) is 2.89. The topological polar surface area (TPSA) is 76.1 Å². The molecule has 0 aliphatic carbocycles. The smallest absolute Gasteiger partial charge is 0.220 e. The van der Waals surface area contributed by atoms with Crippen molar-refractivity contribution in [1.29, 1.82) is 0 Å². The molecule has 6 nitrogen and oxygen atoms in total. The van der Waals surface area contributed by atoms with E-state index in [4.69, 9.17) is 4.74 Å². The number of fused-ring (bicyclic) bond motifs is 1. The van der Waals surface area contributed by atoms with E-state index in [1.807, 2.05) is 18.2 Å². The van der Waals surface area contributed by atoms with Crippen molar-refractivity contribution in [3.8, 4) is 5.75 Å². The number of carbonyl (C=O) groups excluding carboxylic acids is 1. The molecule has 0 bridgehead atoms. The number of anilines is 1. The highest BCUT2D eigenvalue weighted by Crippen LogP contribution is 2.29. The van der Waals surface area contributed by atoms with E-state index in [2.05, 4.69) is 20.6 Å². The molecule has 0 radical (unpaired) electrons. The molecule has 6 heteroatoms. The standard InChI is InChI=1S/C15H18N4O2/c1-21-12-6-3-5-11-14(12)15(18-9-17-11)16-8-10-4-2-7-13(20)19-10/h3,5-6,9-10H,2,4,7-8H2,1H3,(H,19,20)(H,16,17,18)/t10-/m1/s1. The van der Waals surface area contributed by atoms with Gasteiger partial charge in [0.2, 0.25) is 5.91 Å². The number of ether oxygens (including phenoxy) is 1. The molecule has 1 atom stereocenters. The Morgan fingerprint density at radius 1 is 1.43 bits per heavy atom. The minimum atomic E-state index is 0.123. The van der Waals surface area contributed by atoms with Gasteiger partial charge in [-0.1, -0.05) is 6.07 Å². The van der Waals surface area contributed by atoms with Crippen LogP contribution in [0.25, 0.3) is 10.9 Å². The summed E-state index contributed by atoms with van der Waals surface area (Å²) >= 11 is 0. The highest BCUT2D eigenvalue weighted by Gasteiger charge is 2.18. The Hall–Kier alpha value is -2.37. The number of hydrogen-bond donors (Lipinski definition) is 2. The number of methoxy groups -OCH3 is 1. The highest BCUT2D eigenvalue weighted by atomic mass is 16.5. The summed E-state index contributed by atoms with van der Waals surface area (Å²) in [6.07, 6.45) is 4.08. The van der Waals surface area contributed by atoms with E-state index in [-0.39, 0.29) is 11.9 Å². The van der Waals surface area contributed by atoms with Crippen molar-refractivity contribution in [3.05, 3.63) is 24.5 Å². The summed E-state index contributed by atoms with van der Waals surface area (Å²) in [7, 11) is 1.63. The zero-order valence-electron chi connectivity index (χ0n) is 11.9. The molecule has 1 aromatic carbocycles. The zero-order valence-corrected chi connectivity index (χ0v) is 11.9. The minimum Gasteiger partial charge on any atom is -0.496 e. The lowest BCUT2D eigenvalue weighted by atomic mass is 10.0. The van der Waals surface area contributed by atoms with Gasteiger partial charge >= 0.3 is 0 Å². The van der Waals surface area contributed by atoms with Crippen LogP contribution in [0.4, 0.5) is 5.82 Å². The largest absolute Gasteiger partial charge is 0.496 e. The van der Waals surface area contributed by atoms with Crippen LogP contribution in [0.15, 0.2) is 24.5 Å². The van der Waals surface area contributed by atoms with Crippen LogP contribution in [0, 0.1) is 0 Å². The maximum atomic E-state index is 11.4. The Balaban J connectivity index is 1.82. The van der Waals surface area contributed by atoms with Crippen LogP contribution in [0.5, 0.6) is 5.75 Å². The lowest BCUT2D eigenvalue weighted by molar-refractivity contribution is -0.123. The van der Waals surface area contributed by atoms with E-state index in [1.54, 1.807) is 7.11 Å². The number of nitrogens with zero attached hydrogens (tertiary/aromatic N) is 2. The molecule has 1 saturated heterocycles. The number of aromatic nitrogens is 2. The Labute approximate surface area is 122 Å². The van der Waals surface area contributed by atoms with Crippen LogP contribution in [-0.2, 0) is 4.79 Å². The Morgan fingerprint density at radius 3 is 3.14 bits per heavy atom. The summed E-state index contributed by atoms with van der Waals surface area (Å²) in [5.41, 5.74) is 0.833. The molecule has 1 fully saturated rings. The third-order valence-corrected chi connectivity index (χ3v) is 3.68. The number of piperidine rings is 1. The number of rotatable bonds is 4. The maximum Gasteiger partial charge on any atom is 0.220 e. The third-order valence-electron chi connectivity index (χ3n) is 3.68. The first-order valence-corrected chi connectivity index (χ1v) is 7.09. The van der Waals surface area contributed by atoms with E-state index in [0.29, 0.717) is 13.0 Å². The van der Waals surface area contributed by atoms with E-state index in [1.165, 1.54) is 6.33 Å². The molecule has 0 saturated carbocycles. The van der Waals surface area contributed by atoms with Crippen molar-refractivity contribution in [1.82, 2.24) is 15.3 Å². The Morgan fingerprint density at radius 2 is 2.33 bits per heavy atom. The van der Waals surface area contributed by atoms with Crippen LogP contribution < -0.4 is 15.4 Å². The van der Waals surface area contributed by atoms with Gasteiger partial charge in [-0.2, -0.15) is 0 Å². The van der Waals surface area contributed by atoms with E-state index in [9.17, 15) is 4.79 Å². The monoisotopic (exact) mass is 286 g/mol. The van der Waals surface area contributed by atoms with Gasteiger partial charge in [-0.05, 0) is 25.0 Å². The van der Waals surface area contributed by atoms with Gasteiger partial charge in [0.25, 0.3) is 0 Å². The quantitative estimate of drug-likeness (QED) is 0.895. The van der Waals surface area contributed by atoms with Crippen molar-refractivity contribution in [2.75, 3.05) is 19.0 Å². The molecule has 1 aliphatic rings. The van der Waals surface area contributed by atoms with Crippen molar-refractivity contribution < 1.29 is 9.53 Å². The van der Waals surface area contributed by atoms with Crippen LogP contribution in [0.2, 0.25) is 0 Å². The number of carbonyl (C=O) groups is 1. The molecule has 0 spiro atoms. The molecule has 110 valence electrons. The molecule has 1 amide bonds. The summed E-state index contributed by atoms with van der Waals surface area (Å²) in [6, 6.07) is 5.86. The second kappa shape index (κ2) is 5.95. The van der Waals surface area contributed by atoms with Gasteiger partial charge in [0.1, 0.15) is 17.9 Å². The van der Waals surface area contributed by atoms with Crippen molar-refractivity contribution in [2.45, 2.75) is 25.3 Å². The van der Waals surface area contributed by atoms with Crippen LogP contribution in [0.1, 0.15) is 19.3 Å². The van der Waals surface area contributed by atoms with Crippen LogP contribution >= 0.6 is 0 Å². The Kier molecular flexibility index (Phi) is 3.85. The predicted molar refractivity (Wildman–Crippen MR) is 80.4 cm³/mol. The molecular weight excluding hydrogens is 268 g/mol. The second-order valence-corrected chi connectivity index (χ2v) is 5.11. The van der Waals surface area contributed by atoms with E-state index >= 15 is 0 Å². The first-order valence-electron chi connectivity index (χ1n) is 7.09. The molecule has 3 rings (SSSR count). The predicted octanol–water partition coefficient (Wildman–Crippen LogP) is 1.72. The normalized spacial score (nSPS) is 18.3. The summed E-state index contributed by atoms with van der Waals surface area (Å²) < 4.78 is 5.39. The number of amides is 1. The first-order chi connectivity index (χ1) is 10.3. The van der Waals surface area contributed by atoms with E-state index < -0.39 is 0 Å². The second-order valence-electron chi connectivity index (χ2n) is 5.11. The van der Waals surface area contributed by atoms with Crippen molar-refractivity contribution >= 4 is 22.6 Å². The first kappa shape index (κ1) is 13.6. The summed E-state index contributed by atoms with van der Waals surface area (Å²) in [5.74, 6) is 1.60. The lowest BCUT2D eigenvalue weighted by Gasteiger charge is -2.24. The van der Waals surface area contributed by atoms with Crippen molar-refractivity contribution in [2.24, 2.45) is 0 Å². The van der Waals surface area contributed by atoms with Gasteiger partial charge in [0.15, 0.2) is 0 Å². The van der Waals surface area contributed by atoms with Gasteiger partial charge in [0, 0.05) is 19.0 Å². The highest BCUT2D eigenvalue weighted by molar-refractivity contribution is 5.94. The lowest BCUT2D eigenvalue weighted by Crippen LogP contribution is -2.42.